The Morgan fingerprint density at radius 3 is 2.69 bits per heavy atom. The molecule has 0 saturated carbocycles. The number of likely N-dealkylation sites (tertiary alicyclic amines) is 1. The molecule has 29 heavy (non-hydrogen) atoms. The van der Waals surface area contributed by atoms with Crippen LogP contribution in [0.2, 0.25) is 10.0 Å². The van der Waals surface area contributed by atoms with Crippen LogP contribution in [-0.4, -0.2) is 54.4 Å². The van der Waals surface area contributed by atoms with Gasteiger partial charge in [0.1, 0.15) is 16.7 Å². The molecule has 0 aliphatic carbocycles. The Balaban J connectivity index is 1.87. The molecule has 1 saturated heterocycles. The van der Waals surface area contributed by atoms with Crippen LogP contribution in [0.1, 0.15) is 25.7 Å². The number of ketones is 1. The molecular weight excluding hydrogens is 441 g/mol. The van der Waals surface area contributed by atoms with E-state index >= 15 is 0 Å². The van der Waals surface area contributed by atoms with Gasteiger partial charge in [-0.05, 0) is 18.6 Å². The van der Waals surface area contributed by atoms with E-state index in [9.17, 15) is 22.8 Å². The van der Waals surface area contributed by atoms with Crippen molar-refractivity contribution in [3.05, 3.63) is 40.6 Å². The van der Waals surface area contributed by atoms with Crippen molar-refractivity contribution < 1.29 is 22.8 Å². The largest absolute Gasteiger partial charge is 0.342 e. The van der Waals surface area contributed by atoms with E-state index in [2.05, 4.69) is 5.32 Å². The Morgan fingerprint density at radius 2 is 1.93 bits per heavy atom. The predicted molar refractivity (Wildman–Crippen MR) is 107 cm³/mol. The highest BCUT2D eigenvalue weighted by Gasteiger charge is 2.39. The van der Waals surface area contributed by atoms with E-state index in [-0.39, 0.29) is 40.1 Å². The fourth-order valence-electron chi connectivity index (χ4n) is 3.24. The van der Waals surface area contributed by atoms with Crippen LogP contribution in [0.25, 0.3) is 0 Å². The maximum Gasteiger partial charge on any atom is 0.266 e. The average molecular weight is 460 g/mol. The molecule has 0 spiro atoms. The smallest absolute Gasteiger partial charge is 0.266 e. The lowest BCUT2D eigenvalue weighted by molar-refractivity contribution is -0.135. The van der Waals surface area contributed by atoms with Crippen LogP contribution in [-0.2, 0) is 24.4 Å². The van der Waals surface area contributed by atoms with Crippen LogP contribution < -0.4 is 5.32 Å². The Labute approximate surface area is 178 Å². The molecule has 11 heteroatoms. The maximum absolute atomic E-state index is 13.2. The standard InChI is InChI=1S/C18H19Cl2N3O5S/c19-13-4-1-5-15(17(13)20)29(27,28)23-10-7-21-18(26)14(23)11-16(25)22-8-2-3-12(24)6-9-22/h1,4-5,7,10,14H,2-3,6,8-9,11H2,(H,21,26)/t14-/m1/s1. The molecule has 3 rings (SSSR count). The van der Waals surface area contributed by atoms with E-state index in [0.717, 1.165) is 4.31 Å². The zero-order chi connectivity index (χ0) is 21.2. The molecule has 8 nitrogen and oxygen atoms in total. The normalized spacial score (nSPS) is 20.4. The zero-order valence-corrected chi connectivity index (χ0v) is 17.6. The SMILES string of the molecule is O=C1CCCN(C(=O)C[C@@H]2C(=O)NC=CN2S(=O)(=O)c2cccc(Cl)c2Cl)CC1. The number of sulfonamides is 1. The maximum atomic E-state index is 13.2. The number of nitrogens with zero attached hydrogens (tertiary/aromatic N) is 2. The van der Waals surface area contributed by atoms with Gasteiger partial charge >= 0.3 is 0 Å². The lowest BCUT2D eigenvalue weighted by atomic mass is 10.1. The Bertz CT molecular complexity index is 980. The summed E-state index contributed by atoms with van der Waals surface area (Å²) in [6.45, 7) is 0.649. The van der Waals surface area contributed by atoms with Gasteiger partial charge < -0.3 is 10.2 Å². The fourth-order valence-corrected chi connectivity index (χ4v) is 5.43. The second-order valence-corrected chi connectivity index (χ2v) is 9.30. The zero-order valence-electron chi connectivity index (χ0n) is 15.3. The van der Waals surface area contributed by atoms with Crippen LogP contribution in [0.5, 0.6) is 0 Å². The molecule has 1 fully saturated rings. The van der Waals surface area contributed by atoms with Gasteiger partial charge in [0.15, 0.2) is 0 Å². The molecule has 2 aliphatic heterocycles. The number of halogens is 2. The molecule has 1 atom stereocenters. The van der Waals surface area contributed by atoms with Crippen molar-refractivity contribution >= 4 is 50.8 Å². The number of nitrogens with one attached hydrogen (secondary N) is 1. The van der Waals surface area contributed by atoms with Crippen molar-refractivity contribution in [1.82, 2.24) is 14.5 Å². The van der Waals surface area contributed by atoms with E-state index in [1.54, 1.807) is 0 Å². The topological polar surface area (TPSA) is 104 Å². The minimum atomic E-state index is -4.25. The van der Waals surface area contributed by atoms with Crippen LogP contribution >= 0.6 is 23.2 Å². The first-order valence-corrected chi connectivity index (χ1v) is 11.2. The van der Waals surface area contributed by atoms with Gasteiger partial charge in [-0.25, -0.2) is 8.42 Å². The third-order valence-electron chi connectivity index (χ3n) is 4.79. The van der Waals surface area contributed by atoms with Gasteiger partial charge in [0.05, 0.1) is 16.5 Å². The molecule has 0 unspecified atom stereocenters. The van der Waals surface area contributed by atoms with E-state index in [1.165, 1.54) is 35.5 Å². The van der Waals surface area contributed by atoms with Gasteiger partial charge in [0.25, 0.3) is 10.0 Å². The Kier molecular flexibility index (Phi) is 6.50. The summed E-state index contributed by atoms with van der Waals surface area (Å²) < 4.78 is 27.1. The highest BCUT2D eigenvalue weighted by molar-refractivity contribution is 7.89. The molecule has 2 heterocycles. The number of hydrogen-bond acceptors (Lipinski definition) is 5. The Hall–Kier alpha value is -2.10. The van der Waals surface area contributed by atoms with Crippen molar-refractivity contribution in [1.29, 1.82) is 0 Å². The van der Waals surface area contributed by atoms with Gasteiger partial charge in [-0.15, -0.1) is 0 Å². The molecule has 1 N–H and O–H groups in total. The van der Waals surface area contributed by atoms with E-state index in [4.69, 9.17) is 23.2 Å². The van der Waals surface area contributed by atoms with Crippen molar-refractivity contribution in [3.63, 3.8) is 0 Å². The van der Waals surface area contributed by atoms with Crippen LogP contribution in [0, 0.1) is 0 Å². The molecule has 0 aromatic heterocycles. The Morgan fingerprint density at radius 1 is 1.17 bits per heavy atom. The number of hydrogen-bond donors (Lipinski definition) is 1. The van der Waals surface area contributed by atoms with Gasteiger partial charge in [-0.1, -0.05) is 29.3 Å². The molecule has 2 amide bonds. The van der Waals surface area contributed by atoms with Crippen molar-refractivity contribution in [3.8, 4) is 0 Å². The second-order valence-electron chi connectivity index (χ2n) is 6.70. The minimum absolute atomic E-state index is 0.0556. The molecular formula is C18H19Cl2N3O5S. The highest BCUT2D eigenvalue weighted by atomic mass is 35.5. The summed E-state index contributed by atoms with van der Waals surface area (Å²) in [5.74, 6) is -0.945. The summed E-state index contributed by atoms with van der Waals surface area (Å²) in [5, 5.41) is 2.32. The molecule has 156 valence electrons. The third kappa shape index (κ3) is 4.57. The number of Topliss-reactive ketones (excluding diaryl/α,β-unsaturated/α-hetero) is 1. The summed E-state index contributed by atoms with van der Waals surface area (Å²) >= 11 is 12.0. The van der Waals surface area contributed by atoms with E-state index < -0.39 is 27.9 Å². The van der Waals surface area contributed by atoms with Gasteiger partial charge in [-0.2, -0.15) is 0 Å². The lowest BCUT2D eigenvalue weighted by Crippen LogP contribution is -2.51. The van der Waals surface area contributed by atoms with Gasteiger partial charge in [0, 0.05) is 38.3 Å². The van der Waals surface area contributed by atoms with Crippen LogP contribution in [0.4, 0.5) is 0 Å². The lowest BCUT2D eigenvalue weighted by Gasteiger charge is -2.32. The van der Waals surface area contributed by atoms with Gasteiger partial charge in [0.2, 0.25) is 11.8 Å². The quantitative estimate of drug-likeness (QED) is 0.740. The summed E-state index contributed by atoms with van der Waals surface area (Å²) in [5.41, 5.74) is 0. The van der Waals surface area contributed by atoms with Crippen molar-refractivity contribution in [2.75, 3.05) is 13.1 Å². The molecule has 0 bridgehead atoms. The third-order valence-corrected chi connectivity index (χ3v) is 7.55. The number of amides is 2. The summed E-state index contributed by atoms with van der Waals surface area (Å²) in [6, 6.07) is 2.88. The molecule has 1 aromatic carbocycles. The summed E-state index contributed by atoms with van der Waals surface area (Å²) in [7, 11) is -4.25. The van der Waals surface area contributed by atoms with E-state index in [1.807, 2.05) is 0 Å². The second kappa shape index (κ2) is 8.73. The number of rotatable bonds is 4. The minimum Gasteiger partial charge on any atom is -0.342 e. The van der Waals surface area contributed by atoms with E-state index in [0.29, 0.717) is 19.4 Å². The first kappa shape index (κ1) is 21.6. The number of carbonyl (C=O) groups is 3. The molecule has 1 aromatic rings. The summed E-state index contributed by atoms with van der Waals surface area (Å²) in [6.07, 6.45) is 3.21. The number of benzene rings is 1. The molecule has 2 aliphatic rings. The van der Waals surface area contributed by atoms with Crippen LogP contribution in [0.3, 0.4) is 0 Å². The average Bonchev–Trinajstić information content (AvgIpc) is 2.89. The van der Waals surface area contributed by atoms with Crippen molar-refractivity contribution in [2.45, 2.75) is 36.6 Å². The highest BCUT2D eigenvalue weighted by Crippen LogP contribution is 2.32. The van der Waals surface area contributed by atoms with Crippen molar-refractivity contribution in [2.24, 2.45) is 0 Å². The van der Waals surface area contributed by atoms with Gasteiger partial charge in [-0.3, -0.25) is 18.7 Å². The predicted octanol–water partition coefficient (Wildman–Crippen LogP) is 1.93. The first-order chi connectivity index (χ1) is 13.7. The monoisotopic (exact) mass is 459 g/mol. The summed E-state index contributed by atoms with van der Waals surface area (Å²) in [4.78, 5) is 38.0. The fraction of sp³-hybridized carbons (Fsp3) is 0.389. The number of carbonyl (C=O) groups excluding carboxylic acids is 3. The van der Waals surface area contributed by atoms with Crippen LogP contribution in [0.15, 0.2) is 35.5 Å². The molecule has 0 radical (unpaired) electrons. The first-order valence-electron chi connectivity index (χ1n) is 8.96.